The molecule has 0 bridgehead atoms. The number of cyclic esters (lactones) is 2. The average molecular weight is 1920 g/mol. The summed E-state index contributed by atoms with van der Waals surface area (Å²) in [6.07, 6.45) is 14.9. The summed E-state index contributed by atoms with van der Waals surface area (Å²) in [7, 11) is 2.98. The minimum Gasteiger partial charge on any atom is -0.481 e. The topological polar surface area (TPSA) is 702 Å². The maximum Gasteiger partial charge on any atom is 0.333 e. The Kier molecular flexibility index (Phi) is 89.6. The SMILES string of the molecule is CCCCO.CCCCOC(=O)CC[C@H](N)C(=O)OCCCC.CCCCOC(=O)CC[C@H](NC(=O)CCC(=O)NC)C(=O)OCCCC.CCCCOC(=O)CC[C@H](NC(=O)CCC(=O)O)C(=O)OCCCC.CCCCOC(=O)CC[C@H](NC(=O)CCC(=O)ON1C(=O)CCC1=O)C(=O)OCCCC.CN.N[C@H](CCC(=O)O)C(=O)O.O=C1CCC(=O)N1O.O=C1CCC(=O)O1. The average Bonchev–Trinajstić information content (AvgIpc) is 1.72. The van der Waals surface area contributed by atoms with E-state index in [0.29, 0.717) is 50.9 Å². The van der Waals surface area contributed by atoms with E-state index < -0.39 is 156 Å². The van der Waals surface area contributed by atoms with Gasteiger partial charge in [-0.05, 0) is 96.9 Å². The molecule has 3 saturated heterocycles. The Morgan fingerprint density at radius 2 is 0.609 bits per heavy atom. The van der Waals surface area contributed by atoms with Gasteiger partial charge in [0.25, 0.3) is 23.6 Å². The summed E-state index contributed by atoms with van der Waals surface area (Å²) in [5.41, 5.74) is 15.1. The van der Waals surface area contributed by atoms with Crippen molar-refractivity contribution in [3.63, 3.8) is 0 Å². The summed E-state index contributed by atoms with van der Waals surface area (Å²) in [6, 6.07) is -4.79. The van der Waals surface area contributed by atoms with Crippen LogP contribution in [0.25, 0.3) is 0 Å². The number of carbonyl (C=O) groups excluding carboxylic acids is 19. The van der Waals surface area contributed by atoms with Crippen LogP contribution in [0, 0.1) is 0 Å². The molecule has 3 aliphatic rings. The minimum atomic E-state index is -1.17. The predicted molar refractivity (Wildman–Crippen MR) is 472 cm³/mol. The molecule has 46 heteroatoms. The first kappa shape index (κ1) is 132. The number of carboxylic acids is 3. The van der Waals surface area contributed by atoms with Crippen LogP contribution >= 0.6 is 0 Å². The molecule has 5 atom stereocenters. The standard InChI is InChI=1S/C21H32N2O9.C18H32N2O6.C17H29NO7.C13H25NO4.C5H9NO4.C4H5NO3.C4H4O3.C4H10O.CH5N/c1-3-5-13-30-19(27)11-7-15(21(29)31-14-6-4-2)22-16(24)8-12-20(28)32-23-17(25)9-10-18(23)26;1-4-6-12-25-17(23)11-8-14(18(24)26-13-7-5-2)20-16(22)10-9-15(21)19-3;1-3-5-11-24-16(22)10-7-13(17(23)25-12-6-4-2)18-14(19)8-9-15(20)21;1-3-5-9-17-12(15)8-7-11(14)13(16)18-10-6-4-2;6-3(5(9)10)1-2-4(7)8;6-3-1-2-4(7)5(3)8;5-3-1-2-4(6)7-3;1-2-3-4-5;1-2/h15H,3-14H2,1-2H3,(H,22,24);14H,4-13H2,1-3H3,(H,19,21)(H,20,22);13H,3-12H2,1-2H3,(H,18,19)(H,20,21);11H,3-10,14H2,1-2H3;3H,1-2,6H2,(H,7,8)(H,9,10);8H,1-2H2;1-2H2;5H,2-4H2,1H3;2H2,1H3/t15-;14-;13-;11-;3-;;;;/m00001..../s1. The third kappa shape index (κ3) is 82.4. The highest BCUT2D eigenvalue weighted by Gasteiger charge is 2.34. The number of carbonyl (C=O) groups is 22. The summed E-state index contributed by atoms with van der Waals surface area (Å²) in [5.74, 6) is -13.1. The van der Waals surface area contributed by atoms with Crippen molar-refractivity contribution in [1.29, 1.82) is 0 Å². The second-order valence-electron chi connectivity index (χ2n) is 29.0. The number of esters is 10. The fourth-order valence-electron chi connectivity index (χ4n) is 9.16. The molecule has 0 radical (unpaired) electrons. The molecule has 3 heterocycles. The number of nitrogens with one attached hydrogen (secondary N) is 4. The monoisotopic (exact) mass is 1910 g/mol. The molecule has 0 unspecified atom stereocenters. The van der Waals surface area contributed by atoms with E-state index in [2.05, 4.69) is 38.7 Å². The molecule has 0 aromatic carbocycles. The Balaban J connectivity index is -0.000000366. The molecule has 0 saturated carbocycles. The van der Waals surface area contributed by atoms with Crippen molar-refractivity contribution in [3.05, 3.63) is 0 Å². The predicted octanol–water partition coefficient (Wildman–Crippen LogP) is 5.36. The highest BCUT2D eigenvalue weighted by atomic mass is 16.7. The van der Waals surface area contributed by atoms with Gasteiger partial charge in [-0.2, -0.15) is 5.06 Å². The molecule has 766 valence electrons. The second kappa shape index (κ2) is 89.9. The normalized spacial score (nSPS) is 13.0. The molecule has 0 aliphatic carbocycles. The largest absolute Gasteiger partial charge is 0.481 e. The summed E-state index contributed by atoms with van der Waals surface area (Å²) in [5, 5.41) is 51.8. The summed E-state index contributed by atoms with van der Waals surface area (Å²) in [6.45, 7) is 20.7. The van der Waals surface area contributed by atoms with E-state index in [-0.39, 0.29) is 178 Å². The van der Waals surface area contributed by atoms with Crippen molar-refractivity contribution in [2.75, 3.05) is 73.6 Å². The van der Waals surface area contributed by atoms with Gasteiger partial charge in [-0.15, -0.1) is 5.06 Å². The lowest BCUT2D eigenvalue weighted by atomic mass is 10.1. The molecule has 15 N–H and O–H groups in total. The molecule has 0 aromatic rings. The summed E-state index contributed by atoms with van der Waals surface area (Å²) >= 11 is 0. The van der Waals surface area contributed by atoms with Crippen LogP contribution in [0.15, 0.2) is 0 Å². The van der Waals surface area contributed by atoms with E-state index in [9.17, 15) is 105 Å². The number of rotatable bonds is 59. The number of ether oxygens (including phenoxy) is 9. The van der Waals surface area contributed by atoms with Gasteiger partial charge >= 0.3 is 83.6 Å². The van der Waals surface area contributed by atoms with E-state index >= 15 is 0 Å². The van der Waals surface area contributed by atoms with Gasteiger partial charge in [-0.25, -0.2) is 19.2 Å². The van der Waals surface area contributed by atoms with Crippen molar-refractivity contribution in [2.45, 2.75) is 349 Å². The van der Waals surface area contributed by atoms with Gasteiger partial charge in [0.05, 0.1) is 78.5 Å². The van der Waals surface area contributed by atoms with Crippen LogP contribution in [-0.2, 0) is 153 Å². The Labute approximate surface area is 777 Å². The number of nitrogens with zero attached hydrogens (tertiary/aromatic N) is 2. The van der Waals surface area contributed by atoms with Crippen LogP contribution in [0.2, 0.25) is 0 Å². The number of unbranched alkanes of at least 4 members (excludes halogenated alkanes) is 9. The molecule has 0 spiro atoms. The van der Waals surface area contributed by atoms with Crippen molar-refractivity contribution in [2.24, 2.45) is 17.2 Å². The number of aliphatic carboxylic acids is 3. The number of nitrogens with two attached hydrogens (primary N) is 3. The second-order valence-corrected chi connectivity index (χ2v) is 29.0. The smallest absolute Gasteiger partial charge is 0.333 e. The van der Waals surface area contributed by atoms with Crippen LogP contribution < -0.4 is 38.5 Å². The lowest BCUT2D eigenvalue weighted by Crippen LogP contribution is -2.42. The van der Waals surface area contributed by atoms with Crippen LogP contribution in [-0.4, -0.2) is 270 Å². The zero-order valence-corrected chi connectivity index (χ0v) is 79.5. The van der Waals surface area contributed by atoms with Gasteiger partial charge in [-0.1, -0.05) is 120 Å². The van der Waals surface area contributed by atoms with Crippen molar-refractivity contribution in [1.82, 2.24) is 31.4 Å². The fourth-order valence-corrected chi connectivity index (χ4v) is 9.16. The van der Waals surface area contributed by atoms with Gasteiger partial charge in [0, 0.05) is 97.1 Å². The minimum absolute atomic E-state index is 0.00693. The highest BCUT2D eigenvalue weighted by molar-refractivity contribution is 6.02. The quantitative estimate of drug-likeness (QED) is 0.00910. The number of hydrogen-bond donors (Lipinski definition) is 12. The highest BCUT2D eigenvalue weighted by Crippen LogP contribution is 2.15. The number of hydroxylamine groups is 4. The van der Waals surface area contributed by atoms with E-state index in [4.69, 9.17) is 79.8 Å². The fraction of sp³-hybridized carbons (Fsp3) is 0.747. The lowest BCUT2D eigenvalue weighted by Gasteiger charge is -2.18. The lowest BCUT2D eigenvalue weighted by molar-refractivity contribution is -0.197. The van der Waals surface area contributed by atoms with Gasteiger partial charge < -0.3 is 106 Å². The first-order valence-electron chi connectivity index (χ1n) is 45.3. The van der Waals surface area contributed by atoms with E-state index in [1.165, 1.54) is 14.1 Å². The van der Waals surface area contributed by atoms with Crippen LogP contribution in [0.3, 0.4) is 0 Å². The van der Waals surface area contributed by atoms with Crippen molar-refractivity contribution < 1.29 is 179 Å². The number of imide groups is 2. The zero-order chi connectivity index (χ0) is 102. The molecule has 3 fully saturated rings. The maximum atomic E-state index is 12.3. The van der Waals surface area contributed by atoms with E-state index in [0.717, 1.165) is 103 Å². The third-order valence-corrected chi connectivity index (χ3v) is 17.2. The Morgan fingerprint density at radius 3 is 0.865 bits per heavy atom. The van der Waals surface area contributed by atoms with Gasteiger partial charge in [0.15, 0.2) is 0 Å². The number of amides is 8. The molecular formula is C87H151N9O37. The third-order valence-electron chi connectivity index (χ3n) is 17.2. The maximum absolute atomic E-state index is 12.3. The van der Waals surface area contributed by atoms with E-state index in [1.807, 2.05) is 55.4 Å². The van der Waals surface area contributed by atoms with Gasteiger partial charge in [-0.3, -0.25) is 91.5 Å². The van der Waals surface area contributed by atoms with Gasteiger partial charge in [0.2, 0.25) is 23.6 Å². The van der Waals surface area contributed by atoms with Gasteiger partial charge in [0.1, 0.15) is 30.2 Å². The number of hydrogen-bond acceptors (Lipinski definition) is 37. The Hall–Kier alpha value is -11.3. The number of aliphatic hydroxyl groups is 1. The Bertz CT molecular complexity index is 3370. The molecular weight excluding hydrogens is 1760 g/mol. The molecule has 3 rings (SSSR count). The molecule has 133 heavy (non-hydrogen) atoms. The molecule has 46 nitrogen and oxygen atoms in total. The first-order chi connectivity index (χ1) is 63.2. The number of carboxylic acid groups (broad SMARTS) is 3. The molecule has 3 aliphatic heterocycles. The summed E-state index contributed by atoms with van der Waals surface area (Å²) < 4.78 is 44.5. The molecule has 8 amide bonds. The number of aliphatic hydroxyl groups excluding tert-OH is 1. The van der Waals surface area contributed by atoms with Crippen LogP contribution in [0.4, 0.5) is 0 Å². The van der Waals surface area contributed by atoms with Crippen molar-refractivity contribution >= 4 is 131 Å². The van der Waals surface area contributed by atoms with Crippen LogP contribution in [0.5, 0.6) is 0 Å². The Morgan fingerprint density at radius 1 is 0.338 bits per heavy atom. The molecule has 0 aromatic heterocycles. The zero-order valence-electron chi connectivity index (χ0n) is 79.5. The summed E-state index contributed by atoms with van der Waals surface area (Å²) in [4.78, 5) is 252. The van der Waals surface area contributed by atoms with Crippen LogP contribution in [0.1, 0.15) is 319 Å². The first-order valence-corrected chi connectivity index (χ1v) is 45.3. The van der Waals surface area contributed by atoms with E-state index in [1.54, 1.807) is 0 Å². The van der Waals surface area contributed by atoms with Crippen molar-refractivity contribution in [3.8, 4) is 0 Å².